The lowest BCUT2D eigenvalue weighted by Gasteiger charge is -2.28. The number of alkyl carbamates (subject to hydrolysis) is 1. The number of aliphatic hydroxyl groups is 1. The van der Waals surface area contributed by atoms with E-state index in [1.54, 1.807) is 0 Å². The second-order valence-corrected chi connectivity index (χ2v) is 7.01. The van der Waals surface area contributed by atoms with Crippen molar-refractivity contribution in [2.24, 2.45) is 0 Å². The fraction of sp³-hybridized carbons (Fsp3) is 0.381. The van der Waals surface area contributed by atoms with E-state index in [1.165, 1.54) is 18.2 Å². The summed E-state index contributed by atoms with van der Waals surface area (Å²) in [7, 11) is 0. The van der Waals surface area contributed by atoms with Crippen LogP contribution in [0.4, 0.5) is 4.79 Å². The highest BCUT2D eigenvalue weighted by atomic mass is 16.5. The van der Waals surface area contributed by atoms with E-state index in [1.807, 2.05) is 30.3 Å². The van der Waals surface area contributed by atoms with Crippen LogP contribution in [0.5, 0.6) is 11.5 Å². The number of hydrogen-bond donors (Lipinski definition) is 4. The SMILES string of the molecule is O=C(N[C@H](CN1CCCC1)[C@H](O)c1ccc(O)c(O)c1)OCc1ccccc1. The van der Waals surface area contributed by atoms with Crippen LogP contribution in [0, 0.1) is 0 Å². The highest BCUT2D eigenvalue weighted by Gasteiger charge is 2.27. The molecule has 1 amide bonds. The van der Waals surface area contributed by atoms with Gasteiger partial charge in [0.15, 0.2) is 11.5 Å². The number of phenols is 2. The third-order valence-electron chi connectivity index (χ3n) is 4.89. The third kappa shape index (κ3) is 5.37. The van der Waals surface area contributed by atoms with Gasteiger partial charge >= 0.3 is 6.09 Å². The van der Waals surface area contributed by atoms with Crippen LogP contribution in [-0.2, 0) is 11.3 Å². The van der Waals surface area contributed by atoms with E-state index in [-0.39, 0.29) is 18.1 Å². The number of rotatable bonds is 7. The molecule has 4 N–H and O–H groups in total. The molecule has 7 heteroatoms. The zero-order valence-corrected chi connectivity index (χ0v) is 15.6. The Bertz CT molecular complexity index is 778. The zero-order valence-electron chi connectivity index (χ0n) is 15.6. The van der Waals surface area contributed by atoms with Crippen molar-refractivity contribution in [3.05, 3.63) is 59.7 Å². The quantitative estimate of drug-likeness (QED) is 0.546. The normalized spacial score (nSPS) is 16.5. The fourth-order valence-electron chi connectivity index (χ4n) is 3.34. The van der Waals surface area contributed by atoms with E-state index in [2.05, 4.69) is 10.2 Å². The molecule has 2 atom stereocenters. The lowest BCUT2D eigenvalue weighted by atomic mass is 10.0. The van der Waals surface area contributed by atoms with Gasteiger partial charge in [-0.1, -0.05) is 36.4 Å². The molecule has 1 aliphatic heterocycles. The maximum Gasteiger partial charge on any atom is 0.407 e. The number of ether oxygens (including phenoxy) is 1. The summed E-state index contributed by atoms with van der Waals surface area (Å²) < 4.78 is 5.28. The predicted octanol–water partition coefficient (Wildman–Crippen LogP) is 2.52. The molecular weight excluding hydrogens is 360 g/mol. The van der Waals surface area contributed by atoms with E-state index in [0.29, 0.717) is 12.1 Å². The maximum absolute atomic E-state index is 12.3. The van der Waals surface area contributed by atoms with Gasteiger partial charge < -0.3 is 30.3 Å². The summed E-state index contributed by atoms with van der Waals surface area (Å²) in [5, 5.41) is 32.8. The van der Waals surface area contributed by atoms with E-state index in [0.717, 1.165) is 31.5 Å². The number of carbonyl (C=O) groups is 1. The highest BCUT2D eigenvalue weighted by Crippen LogP contribution is 2.29. The Morgan fingerprint density at radius 3 is 2.46 bits per heavy atom. The van der Waals surface area contributed by atoms with Crippen LogP contribution in [0.1, 0.15) is 30.1 Å². The number of nitrogens with one attached hydrogen (secondary N) is 1. The summed E-state index contributed by atoms with van der Waals surface area (Å²) in [6.45, 7) is 2.41. The Balaban J connectivity index is 1.66. The molecule has 28 heavy (non-hydrogen) atoms. The van der Waals surface area contributed by atoms with Crippen molar-refractivity contribution in [3.8, 4) is 11.5 Å². The monoisotopic (exact) mass is 386 g/mol. The van der Waals surface area contributed by atoms with Crippen molar-refractivity contribution < 1.29 is 24.9 Å². The summed E-state index contributed by atoms with van der Waals surface area (Å²) in [5.74, 6) is -0.578. The fourth-order valence-corrected chi connectivity index (χ4v) is 3.34. The van der Waals surface area contributed by atoms with Crippen molar-refractivity contribution in [2.45, 2.75) is 31.6 Å². The lowest BCUT2D eigenvalue weighted by molar-refractivity contribution is 0.0881. The molecule has 0 unspecified atom stereocenters. The second-order valence-electron chi connectivity index (χ2n) is 7.01. The first-order valence-electron chi connectivity index (χ1n) is 9.42. The number of nitrogens with zero attached hydrogens (tertiary/aromatic N) is 1. The van der Waals surface area contributed by atoms with Gasteiger partial charge in [0, 0.05) is 6.54 Å². The van der Waals surface area contributed by atoms with Gasteiger partial charge in [0.05, 0.1) is 6.04 Å². The molecule has 0 bridgehead atoms. The van der Waals surface area contributed by atoms with Crippen molar-refractivity contribution >= 4 is 6.09 Å². The van der Waals surface area contributed by atoms with Crippen LogP contribution in [0.3, 0.4) is 0 Å². The topological polar surface area (TPSA) is 102 Å². The van der Waals surface area contributed by atoms with Crippen molar-refractivity contribution in [2.75, 3.05) is 19.6 Å². The molecule has 1 saturated heterocycles. The summed E-state index contributed by atoms with van der Waals surface area (Å²) in [6.07, 6.45) is 0.495. The molecule has 1 aliphatic rings. The van der Waals surface area contributed by atoms with E-state index >= 15 is 0 Å². The van der Waals surface area contributed by atoms with Crippen LogP contribution in [0.2, 0.25) is 0 Å². The minimum absolute atomic E-state index is 0.138. The summed E-state index contributed by atoms with van der Waals surface area (Å²) in [6, 6.07) is 12.9. The Hall–Kier alpha value is -2.77. The average molecular weight is 386 g/mol. The molecule has 0 spiro atoms. The minimum Gasteiger partial charge on any atom is -0.504 e. The number of aromatic hydroxyl groups is 2. The van der Waals surface area contributed by atoms with E-state index in [9.17, 15) is 20.1 Å². The average Bonchev–Trinajstić information content (AvgIpc) is 3.21. The second kappa shape index (κ2) is 9.43. The van der Waals surface area contributed by atoms with Gasteiger partial charge in [0.1, 0.15) is 12.7 Å². The van der Waals surface area contributed by atoms with E-state index < -0.39 is 18.2 Å². The molecule has 1 fully saturated rings. The van der Waals surface area contributed by atoms with Crippen molar-refractivity contribution in [1.82, 2.24) is 10.2 Å². The number of phenolic OH excluding ortho intramolecular Hbond substituents is 2. The first-order valence-corrected chi connectivity index (χ1v) is 9.42. The number of likely N-dealkylation sites (tertiary alicyclic amines) is 1. The largest absolute Gasteiger partial charge is 0.504 e. The molecule has 0 aliphatic carbocycles. The van der Waals surface area contributed by atoms with Gasteiger partial charge in [0.25, 0.3) is 0 Å². The highest BCUT2D eigenvalue weighted by molar-refractivity contribution is 5.67. The number of benzene rings is 2. The lowest BCUT2D eigenvalue weighted by Crippen LogP contribution is -2.46. The molecule has 150 valence electrons. The van der Waals surface area contributed by atoms with Crippen LogP contribution in [0.25, 0.3) is 0 Å². The van der Waals surface area contributed by atoms with E-state index in [4.69, 9.17) is 4.74 Å². The Morgan fingerprint density at radius 2 is 1.79 bits per heavy atom. The Morgan fingerprint density at radius 1 is 1.07 bits per heavy atom. The van der Waals surface area contributed by atoms with Gasteiger partial charge in [-0.3, -0.25) is 0 Å². The smallest absolute Gasteiger partial charge is 0.407 e. The van der Waals surface area contributed by atoms with Gasteiger partial charge in [0.2, 0.25) is 0 Å². The molecule has 0 radical (unpaired) electrons. The van der Waals surface area contributed by atoms with Gasteiger partial charge in [-0.25, -0.2) is 4.79 Å². The van der Waals surface area contributed by atoms with Gasteiger partial charge in [-0.05, 0) is 49.2 Å². The summed E-state index contributed by atoms with van der Waals surface area (Å²) in [4.78, 5) is 14.5. The number of aliphatic hydroxyl groups excluding tert-OH is 1. The van der Waals surface area contributed by atoms with Crippen molar-refractivity contribution in [1.29, 1.82) is 0 Å². The zero-order chi connectivity index (χ0) is 19.9. The number of hydrogen-bond acceptors (Lipinski definition) is 6. The molecule has 1 heterocycles. The predicted molar refractivity (Wildman–Crippen MR) is 104 cm³/mol. The molecule has 2 aromatic rings. The van der Waals surface area contributed by atoms with Gasteiger partial charge in [-0.15, -0.1) is 0 Å². The Kier molecular flexibility index (Phi) is 6.73. The van der Waals surface area contributed by atoms with Crippen LogP contribution >= 0.6 is 0 Å². The molecule has 0 aromatic heterocycles. The van der Waals surface area contributed by atoms with Gasteiger partial charge in [-0.2, -0.15) is 0 Å². The number of carbonyl (C=O) groups excluding carboxylic acids is 1. The van der Waals surface area contributed by atoms with Crippen LogP contribution in [0.15, 0.2) is 48.5 Å². The van der Waals surface area contributed by atoms with Crippen molar-refractivity contribution in [3.63, 3.8) is 0 Å². The van der Waals surface area contributed by atoms with Crippen LogP contribution in [-0.4, -0.2) is 52.0 Å². The maximum atomic E-state index is 12.3. The summed E-state index contributed by atoms with van der Waals surface area (Å²) >= 11 is 0. The number of amides is 1. The summed E-state index contributed by atoms with van der Waals surface area (Å²) in [5.41, 5.74) is 1.28. The molecule has 0 saturated carbocycles. The molecule has 2 aromatic carbocycles. The first kappa shape index (κ1) is 20.0. The standard InChI is InChI=1S/C21H26N2O5/c24-18-9-8-16(12-19(18)25)20(26)17(13-23-10-4-5-11-23)22-21(27)28-14-15-6-2-1-3-7-15/h1-3,6-9,12,17,20,24-26H,4-5,10-11,13-14H2,(H,22,27)/t17-,20-/m1/s1. The molecule has 3 rings (SSSR count). The molecular formula is C21H26N2O5. The Labute approximate surface area is 164 Å². The van der Waals surface area contributed by atoms with Crippen LogP contribution < -0.4 is 5.32 Å². The first-order chi connectivity index (χ1) is 13.5. The third-order valence-corrected chi connectivity index (χ3v) is 4.89. The minimum atomic E-state index is -1.06. The molecule has 7 nitrogen and oxygen atoms in total.